The summed E-state index contributed by atoms with van der Waals surface area (Å²) in [7, 11) is 0. The first-order valence-corrected chi connectivity index (χ1v) is 9.87. The van der Waals surface area contributed by atoms with Gasteiger partial charge in [-0.1, -0.05) is 41.2 Å². The summed E-state index contributed by atoms with van der Waals surface area (Å²) in [6.07, 6.45) is 6.77. The zero-order valence-electron chi connectivity index (χ0n) is 15.3. The van der Waals surface area contributed by atoms with Gasteiger partial charge in [0.05, 0.1) is 11.4 Å². The summed E-state index contributed by atoms with van der Waals surface area (Å²) >= 11 is 1.42. The Balaban J connectivity index is 1.58. The second kappa shape index (κ2) is 9.07. The first-order valence-electron chi connectivity index (χ1n) is 8.88. The number of benzene rings is 1. The SMILES string of the molecule is O=C(NCc1cccnc1)c1nnn(-c2ccccc2)c1CSc1ncccn1. The van der Waals surface area contributed by atoms with E-state index < -0.39 is 0 Å². The van der Waals surface area contributed by atoms with Crippen LogP contribution in [0.5, 0.6) is 0 Å². The van der Waals surface area contributed by atoms with Crippen LogP contribution >= 0.6 is 11.8 Å². The molecule has 8 nitrogen and oxygen atoms in total. The van der Waals surface area contributed by atoms with E-state index in [1.807, 2.05) is 42.5 Å². The fourth-order valence-electron chi connectivity index (χ4n) is 2.65. The number of hydrogen-bond donors (Lipinski definition) is 1. The van der Waals surface area contributed by atoms with Crippen LogP contribution in [0, 0.1) is 0 Å². The molecular formula is C20H17N7OS. The summed E-state index contributed by atoms with van der Waals surface area (Å²) in [6.45, 7) is 0.360. The van der Waals surface area contributed by atoms with Crippen LogP contribution < -0.4 is 5.32 Å². The summed E-state index contributed by atoms with van der Waals surface area (Å²) in [5.74, 6) is 0.155. The second-order valence-electron chi connectivity index (χ2n) is 6.00. The third-order valence-electron chi connectivity index (χ3n) is 4.03. The van der Waals surface area contributed by atoms with Crippen molar-refractivity contribution in [3.05, 3.63) is 90.3 Å². The summed E-state index contributed by atoms with van der Waals surface area (Å²) < 4.78 is 1.68. The quantitative estimate of drug-likeness (QED) is 0.374. The van der Waals surface area contributed by atoms with Crippen molar-refractivity contribution in [2.24, 2.45) is 0 Å². The van der Waals surface area contributed by atoms with Gasteiger partial charge in [0.2, 0.25) is 0 Å². The number of carbonyl (C=O) groups is 1. The summed E-state index contributed by atoms with van der Waals surface area (Å²) in [5.41, 5.74) is 2.69. The number of nitrogens with one attached hydrogen (secondary N) is 1. The number of aromatic nitrogens is 6. The molecule has 0 fully saturated rings. The Morgan fingerprint density at radius 1 is 1.00 bits per heavy atom. The van der Waals surface area contributed by atoms with E-state index in [0.717, 1.165) is 11.3 Å². The van der Waals surface area contributed by atoms with Crippen molar-refractivity contribution in [1.82, 2.24) is 35.3 Å². The number of amides is 1. The van der Waals surface area contributed by atoms with Gasteiger partial charge in [0.15, 0.2) is 10.9 Å². The van der Waals surface area contributed by atoms with E-state index in [4.69, 9.17) is 0 Å². The Kier molecular flexibility index (Phi) is 5.87. The van der Waals surface area contributed by atoms with E-state index in [1.165, 1.54) is 11.8 Å². The minimum absolute atomic E-state index is 0.279. The van der Waals surface area contributed by atoms with E-state index in [9.17, 15) is 4.79 Å². The van der Waals surface area contributed by atoms with Crippen LogP contribution in [0.25, 0.3) is 5.69 Å². The number of rotatable bonds is 7. The zero-order chi connectivity index (χ0) is 19.9. The fraction of sp³-hybridized carbons (Fsp3) is 0.100. The monoisotopic (exact) mass is 403 g/mol. The van der Waals surface area contributed by atoms with Gasteiger partial charge in [-0.2, -0.15) is 0 Å². The lowest BCUT2D eigenvalue weighted by Gasteiger charge is -2.08. The fourth-order valence-corrected chi connectivity index (χ4v) is 3.44. The van der Waals surface area contributed by atoms with Gasteiger partial charge in [0.1, 0.15) is 0 Å². The Labute approximate surface area is 171 Å². The molecule has 0 aliphatic carbocycles. The van der Waals surface area contributed by atoms with Crippen LogP contribution in [0.3, 0.4) is 0 Å². The van der Waals surface area contributed by atoms with Crippen LogP contribution in [0.2, 0.25) is 0 Å². The Bertz CT molecular complexity index is 1070. The average molecular weight is 403 g/mol. The highest BCUT2D eigenvalue weighted by Gasteiger charge is 2.21. The summed E-state index contributed by atoms with van der Waals surface area (Å²) in [4.78, 5) is 25.3. The highest BCUT2D eigenvalue weighted by Crippen LogP contribution is 2.22. The maximum absolute atomic E-state index is 12.8. The van der Waals surface area contributed by atoms with Crippen LogP contribution in [-0.4, -0.2) is 35.9 Å². The second-order valence-corrected chi connectivity index (χ2v) is 6.94. The molecule has 1 aromatic carbocycles. The van der Waals surface area contributed by atoms with Crippen molar-refractivity contribution in [2.75, 3.05) is 0 Å². The highest BCUT2D eigenvalue weighted by molar-refractivity contribution is 7.98. The molecule has 0 bridgehead atoms. The largest absolute Gasteiger partial charge is 0.346 e. The first kappa shape index (κ1) is 18.8. The lowest BCUT2D eigenvalue weighted by atomic mass is 10.2. The number of carbonyl (C=O) groups excluding carboxylic acids is 1. The number of thioether (sulfide) groups is 1. The summed E-state index contributed by atoms with van der Waals surface area (Å²) in [6, 6.07) is 15.1. The number of hydrogen-bond acceptors (Lipinski definition) is 7. The molecule has 0 spiro atoms. The van der Waals surface area contributed by atoms with Crippen LogP contribution in [0.4, 0.5) is 0 Å². The molecule has 0 unspecified atom stereocenters. The molecule has 0 radical (unpaired) electrons. The third-order valence-corrected chi connectivity index (χ3v) is 4.92. The lowest BCUT2D eigenvalue weighted by molar-refractivity contribution is 0.0945. The smallest absolute Gasteiger partial charge is 0.274 e. The van der Waals surface area contributed by atoms with Gasteiger partial charge in [-0.05, 0) is 29.8 Å². The standard InChI is InChI=1S/C20H17N7OS/c28-19(24-13-15-6-4-9-21-12-15)18-17(14-29-20-22-10-5-11-23-20)27(26-25-18)16-7-2-1-3-8-16/h1-12H,13-14H2,(H,24,28). The molecule has 0 aliphatic rings. The van der Waals surface area contributed by atoms with E-state index in [2.05, 4.69) is 30.6 Å². The third kappa shape index (κ3) is 4.64. The molecule has 0 saturated carbocycles. The van der Waals surface area contributed by atoms with E-state index >= 15 is 0 Å². The molecule has 1 amide bonds. The van der Waals surface area contributed by atoms with Crippen LogP contribution in [0.1, 0.15) is 21.7 Å². The van der Waals surface area contributed by atoms with Gasteiger partial charge < -0.3 is 5.32 Å². The molecule has 1 N–H and O–H groups in total. The van der Waals surface area contributed by atoms with Crippen LogP contribution in [-0.2, 0) is 12.3 Å². The lowest BCUT2D eigenvalue weighted by Crippen LogP contribution is -2.24. The minimum Gasteiger partial charge on any atom is -0.346 e. The first-order chi connectivity index (χ1) is 14.3. The molecule has 0 saturated heterocycles. The number of pyridine rings is 1. The van der Waals surface area contributed by atoms with Crippen molar-refractivity contribution in [3.63, 3.8) is 0 Å². The predicted octanol–water partition coefficient (Wildman–Crippen LogP) is 2.67. The summed E-state index contributed by atoms with van der Waals surface area (Å²) in [5, 5.41) is 11.9. The molecule has 4 aromatic rings. The maximum Gasteiger partial charge on any atom is 0.274 e. The van der Waals surface area contributed by atoms with E-state index in [0.29, 0.717) is 23.1 Å². The van der Waals surface area contributed by atoms with Crippen molar-refractivity contribution < 1.29 is 4.79 Å². The predicted molar refractivity (Wildman–Crippen MR) is 108 cm³/mol. The van der Waals surface area contributed by atoms with Gasteiger partial charge in [-0.3, -0.25) is 9.78 Å². The van der Waals surface area contributed by atoms with Crippen molar-refractivity contribution in [3.8, 4) is 5.69 Å². The minimum atomic E-state index is -0.291. The average Bonchev–Trinajstić information content (AvgIpc) is 3.22. The molecule has 144 valence electrons. The topological polar surface area (TPSA) is 98.5 Å². The van der Waals surface area contributed by atoms with E-state index in [-0.39, 0.29) is 11.6 Å². The van der Waals surface area contributed by atoms with Crippen molar-refractivity contribution in [1.29, 1.82) is 0 Å². The van der Waals surface area contributed by atoms with Crippen molar-refractivity contribution in [2.45, 2.75) is 17.5 Å². The van der Waals surface area contributed by atoms with Gasteiger partial charge >= 0.3 is 0 Å². The maximum atomic E-state index is 12.8. The zero-order valence-corrected chi connectivity index (χ0v) is 16.2. The van der Waals surface area contributed by atoms with Gasteiger partial charge in [0, 0.05) is 37.1 Å². The molecule has 3 aromatic heterocycles. The Hall–Kier alpha value is -3.59. The molecule has 0 aliphatic heterocycles. The number of nitrogens with zero attached hydrogens (tertiary/aromatic N) is 6. The molecule has 4 rings (SSSR count). The highest BCUT2D eigenvalue weighted by atomic mass is 32.2. The molecular weight excluding hydrogens is 386 g/mol. The number of para-hydroxylation sites is 1. The molecule has 3 heterocycles. The van der Waals surface area contributed by atoms with Gasteiger partial charge in [-0.25, -0.2) is 14.6 Å². The molecule has 0 atom stereocenters. The van der Waals surface area contributed by atoms with Gasteiger partial charge in [0.25, 0.3) is 5.91 Å². The molecule has 9 heteroatoms. The van der Waals surface area contributed by atoms with E-state index in [1.54, 1.807) is 35.5 Å². The van der Waals surface area contributed by atoms with Crippen LogP contribution in [0.15, 0.2) is 78.5 Å². The van der Waals surface area contributed by atoms with Gasteiger partial charge in [-0.15, -0.1) is 5.10 Å². The normalized spacial score (nSPS) is 10.6. The Morgan fingerprint density at radius 3 is 2.59 bits per heavy atom. The Morgan fingerprint density at radius 2 is 1.83 bits per heavy atom. The molecule has 29 heavy (non-hydrogen) atoms. The van der Waals surface area contributed by atoms with Crippen molar-refractivity contribution >= 4 is 17.7 Å².